The maximum absolute atomic E-state index is 13.3. The summed E-state index contributed by atoms with van der Waals surface area (Å²) >= 11 is 0. The van der Waals surface area contributed by atoms with E-state index in [0.717, 1.165) is 18.4 Å². The number of hydrogen-bond acceptors (Lipinski definition) is 29. The average Bonchev–Trinajstić information content (AvgIpc) is 0.674. The summed E-state index contributed by atoms with van der Waals surface area (Å²) < 4.78 is 66.6. The van der Waals surface area contributed by atoms with Gasteiger partial charge in [0.15, 0.2) is 37.6 Å². The van der Waals surface area contributed by atoms with Gasteiger partial charge in [-0.1, -0.05) is 66.2 Å². The molecule has 0 aromatic rings. The van der Waals surface area contributed by atoms with Crippen molar-refractivity contribution in [1.82, 2.24) is 0 Å². The standard InChI is InChI=1S/C65H106O29/c1-11-26(2)54(83)93-50-41(72)33(24-85-56-47(78)44(75)39(70)31(22-67)89-56)90-58(49(50)80)92-36-15-16-62(8)34(61(36,6)7)14-17-64(10)35(62)13-12-28-29-20-60(4,5)52(81)53(82)65(29,19-18-63(28,64)9)25-86-59-51(94-57-48(79)42(73)37(68)27(3)87-57)45(76)40(71)32(91-59)23-84-55-46(77)43(74)38(69)30(21-66)88-55/h11-12,27,29-53,55-59,66-82H,13-25H2,1-10H3/b26-11+/t27?,29?,30?,31?,32?,33?,34?,35?,36-,37-,38-,39-,40-,41-,42-,43-,44-,45-,46?,47?,48?,49?,50-,51?,52-,53-,55+,56+,57-,58-,59+,62-,63+,64+,65-/m0/s1. The van der Waals surface area contributed by atoms with Gasteiger partial charge in [-0.05, 0) is 117 Å². The third-order valence-electron chi connectivity index (χ3n) is 24.8. The topological polar surface area (TPSA) is 463 Å². The van der Waals surface area contributed by atoms with E-state index in [9.17, 15) is 91.6 Å². The van der Waals surface area contributed by atoms with Gasteiger partial charge in [0.1, 0.15) is 110 Å². The minimum Gasteiger partial charge on any atom is -0.453 e. The Morgan fingerprint density at radius 3 is 1.66 bits per heavy atom. The highest BCUT2D eigenvalue weighted by Crippen LogP contribution is 2.76. The lowest BCUT2D eigenvalue weighted by molar-refractivity contribution is -0.374. The van der Waals surface area contributed by atoms with Gasteiger partial charge in [0.25, 0.3) is 0 Å². The van der Waals surface area contributed by atoms with Crippen LogP contribution in [0.3, 0.4) is 0 Å². The highest BCUT2D eigenvalue weighted by molar-refractivity contribution is 5.87. The first-order valence-electron chi connectivity index (χ1n) is 33.4. The quantitative estimate of drug-likeness (QED) is 0.0294. The lowest BCUT2D eigenvalue weighted by Crippen LogP contribution is -2.69. The van der Waals surface area contributed by atoms with Gasteiger partial charge in [-0.25, -0.2) is 4.79 Å². The lowest BCUT2D eigenvalue weighted by atomic mass is 9.33. The van der Waals surface area contributed by atoms with Crippen LogP contribution in [0.4, 0.5) is 0 Å². The fourth-order valence-electron chi connectivity index (χ4n) is 18.4. The summed E-state index contributed by atoms with van der Waals surface area (Å²) in [7, 11) is 0. The van der Waals surface area contributed by atoms with Crippen LogP contribution in [0.2, 0.25) is 0 Å². The highest BCUT2D eigenvalue weighted by atomic mass is 16.8. The van der Waals surface area contributed by atoms with Gasteiger partial charge in [0, 0.05) is 11.0 Å². The van der Waals surface area contributed by atoms with Gasteiger partial charge in [-0.3, -0.25) is 0 Å². The molecule has 5 heterocycles. The first-order valence-corrected chi connectivity index (χ1v) is 33.4. The molecule has 35 atom stereocenters. The van der Waals surface area contributed by atoms with Gasteiger partial charge in [0.05, 0.1) is 57.5 Å². The van der Waals surface area contributed by atoms with Gasteiger partial charge in [-0.15, -0.1) is 0 Å². The molecule has 0 aromatic heterocycles. The summed E-state index contributed by atoms with van der Waals surface area (Å²) in [5.74, 6) is -1.11. The van der Waals surface area contributed by atoms with Crippen LogP contribution in [0.15, 0.2) is 23.3 Å². The van der Waals surface area contributed by atoms with Crippen LogP contribution < -0.4 is 0 Å². The zero-order valence-corrected chi connectivity index (χ0v) is 55.2. The van der Waals surface area contributed by atoms with Crippen LogP contribution in [0.1, 0.15) is 121 Å². The second-order valence-corrected chi connectivity index (χ2v) is 30.7. The van der Waals surface area contributed by atoms with Crippen LogP contribution in [0, 0.1) is 50.2 Å². The molecule has 29 nitrogen and oxygen atoms in total. The average molecular weight is 1350 g/mol. The summed E-state index contributed by atoms with van der Waals surface area (Å²) in [6, 6.07) is 0. The predicted molar refractivity (Wildman–Crippen MR) is 320 cm³/mol. The third-order valence-corrected chi connectivity index (χ3v) is 24.8. The van der Waals surface area contributed by atoms with Crippen molar-refractivity contribution in [2.45, 2.75) is 292 Å². The van der Waals surface area contributed by atoms with E-state index < -0.39 is 232 Å². The summed E-state index contributed by atoms with van der Waals surface area (Å²) in [5.41, 5.74) is -2.50. The third kappa shape index (κ3) is 12.8. The molecule has 5 aliphatic carbocycles. The number of carbonyl (C=O) groups is 1. The van der Waals surface area contributed by atoms with Crippen molar-refractivity contribution in [3.05, 3.63) is 23.3 Å². The molecule has 540 valence electrons. The Morgan fingerprint density at radius 2 is 1.07 bits per heavy atom. The first-order chi connectivity index (χ1) is 44.0. The first kappa shape index (κ1) is 74.6. The second kappa shape index (κ2) is 28.0. The van der Waals surface area contributed by atoms with E-state index in [4.69, 9.17) is 52.1 Å². The fraction of sp³-hybridized carbons (Fsp3) is 0.923. The number of esters is 1. The molecule has 10 aliphatic rings. The molecule has 0 radical (unpaired) electrons. The molecule has 0 bridgehead atoms. The number of carbonyl (C=O) groups excluding carboxylic acids is 1. The predicted octanol–water partition coefficient (Wildman–Crippen LogP) is -3.25. The van der Waals surface area contributed by atoms with Crippen molar-refractivity contribution in [2.24, 2.45) is 50.2 Å². The van der Waals surface area contributed by atoms with Gasteiger partial charge >= 0.3 is 5.97 Å². The Labute approximate surface area is 547 Å². The molecular formula is C65H106O29. The summed E-state index contributed by atoms with van der Waals surface area (Å²) in [4.78, 5) is 13.3. The second-order valence-electron chi connectivity index (χ2n) is 30.7. The molecule has 5 saturated heterocycles. The van der Waals surface area contributed by atoms with Crippen molar-refractivity contribution in [2.75, 3.05) is 33.0 Å². The van der Waals surface area contributed by atoms with E-state index in [-0.39, 0.29) is 34.8 Å². The molecule has 4 saturated carbocycles. The number of allylic oxidation sites excluding steroid dienone is 3. The number of fused-ring (bicyclic) bond motifs is 7. The van der Waals surface area contributed by atoms with E-state index in [1.54, 1.807) is 6.92 Å². The Hall–Kier alpha value is -2.13. The molecule has 9 fully saturated rings. The van der Waals surface area contributed by atoms with Crippen molar-refractivity contribution in [3.8, 4) is 0 Å². The molecule has 94 heavy (non-hydrogen) atoms. The van der Waals surface area contributed by atoms with Gasteiger partial charge in [0.2, 0.25) is 0 Å². The van der Waals surface area contributed by atoms with Crippen LogP contribution in [0.5, 0.6) is 0 Å². The molecule has 0 amide bonds. The van der Waals surface area contributed by atoms with Crippen molar-refractivity contribution in [1.29, 1.82) is 0 Å². The van der Waals surface area contributed by atoms with E-state index >= 15 is 0 Å². The monoisotopic (exact) mass is 1350 g/mol. The van der Waals surface area contributed by atoms with E-state index in [1.807, 2.05) is 13.8 Å². The molecule has 29 heteroatoms. The van der Waals surface area contributed by atoms with Crippen LogP contribution >= 0.6 is 0 Å². The van der Waals surface area contributed by atoms with Crippen LogP contribution in [-0.2, 0) is 56.9 Å². The Balaban J connectivity index is 0.900. The normalized spacial score (nSPS) is 52.7. The van der Waals surface area contributed by atoms with Crippen molar-refractivity contribution < 1.29 is 144 Å². The molecule has 17 N–H and O–H groups in total. The zero-order valence-electron chi connectivity index (χ0n) is 55.2. The van der Waals surface area contributed by atoms with E-state index in [2.05, 4.69) is 40.7 Å². The molecular weight excluding hydrogens is 1240 g/mol. The summed E-state index contributed by atoms with van der Waals surface area (Å²) in [6.45, 7) is 16.7. The smallest absolute Gasteiger partial charge is 0.333 e. The molecule has 5 aliphatic heterocycles. The largest absolute Gasteiger partial charge is 0.453 e. The van der Waals surface area contributed by atoms with Gasteiger partial charge in [-0.2, -0.15) is 0 Å². The van der Waals surface area contributed by atoms with Crippen LogP contribution in [-0.4, -0.2) is 298 Å². The number of hydrogen-bond donors (Lipinski definition) is 17. The number of aliphatic hydroxyl groups is 17. The molecule has 0 aromatic carbocycles. The Kier molecular flexibility index (Phi) is 22.2. The Morgan fingerprint density at radius 1 is 0.543 bits per heavy atom. The zero-order chi connectivity index (χ0) is 69.0. The minimum absolute atomic E-state index is 0.0299. The maximum Gasteiger partial charge on any atom is 0.333 e. The minimum atomic E-state index is -1.92. The molecule has 13 unspecified atom stereocenters. The fourth-order valence-corrected chi connectivity index (χ4v) is 18.4. The van der Waals surface area contributed by atoms with Crippen molar-refractivity contribution >= 4 is 5.97 Å². The maximum atomic E-state index is 13.3. The SMILES string of the molecule is C/C=C(\C)C(=O)O[C@@H]1C(O)[C@H](O[C@H]2CC[C@@]3(C)C(CC[C@]4(C)C3CC=C3C5CC(C)(C)[C@@H](O)[C@H](O)[C@]5(CO[C@@H]5OC(CO[C@@H]6OC(CO)[C@H](O)[C@H](O)C6O)[C@H](O)[C@H](O)C5O[C@@H]5OC(C)[C@H](O)[C@H](O)C5O)CC[C@]34C)C2(C)C)OC(CO[C@@H]2OC(CO)[C@H](O)[C@H](O)C2O)[C@@H]1O. The summed E-state index contributed by atoms with van der Waals surface area (Å²) in [6.07, 6.45) is -35.6. The number of rotatable bonds is 17. The molecule has 10 rings (SSSR count). The molecule has 0 spiro atoms. The lowest BCUT2D eigenvalue weighted by Gasteiger charge is -2.72. The van der Waals surface area contributed by atoms with E-state index in [0.29, 0.717) is 38.5 Å². The van der Waals surface area contributed by atoms with E-state index in [1.165, 1.54) is 19.9 Å². The summed E-state index contributed by atoms with van der Waals surface area (Å²) in [5, 5.41) is 187. The number of ether oxygens (including phenoxy) is 11. The Bertz CT molecular complexity index is 2660. The highest BCUT2D eigenvalue weighted by Gasteiger charge is 2.71. The number of aliphatic hydroxyl groups excluding tert-OH is 17. The van der Waals surface area contributed by atoms with Gasteiger partial charge < -0.3 is 139 Å². The van der Waals surface area contributed by atoms with Crippen molar-refractivity contribution in [3.63, 3.8) is 0 Å². The van der Waals surface area contributed by atoms with Crippen LogP contribution in [0.25, 0.3) is 0 Å².